The van der Waals surface area contributed by atoms with Crippen molar-refractivity contribution in [3.63, 3.8) is 0 Å². The van der Waals surface area contributed by atoms with E-state index in [4.69, 9.17) is 0 Å². The number of para-hydroxylation sites is 3. The first-order chi connectivity index (χ1) is 38.7. The molecule has 370 valence electrons. The van der Waals surface area contributed by atoms with E-state index >= 15 is 0 Å². The molecule has 1 aliphatic carbocycles. The number of allylic oxidation sites excluding steroid dienone is 1. The molecule has 0 saturated carbocycles. The van der Waals surface area contributed by atoms with Crippen molar-refractivity contribution >= 4 is 85.1 Å². The Morgan fingerprint density at radius 1 is 0.308 bits per heavy atom. The Bertz CT molecular complexity index is 4340. The summed E-state index contributed by atoms with van der Waals surface area (Å²) in [5.41, 5.74) is 22.3. The number of aromatic nitrogens is 2. The molecule has 0 fully saturated rings. The molecule has 0 N–H and O–H groups in total. The highest BCUT2D eigenvalue weighted by molar-refractivity contribution is 6.11. The molecule has 0 aliphatic heterocycles. The minimum atomic E-state index is 1.01. The van der Waals surface area contributed by atoms with Gasteiger partial charge in [-0.05, 0) is 173 Å². The van der Waals surface area contributed by atoms with Crippen LogP contribution in [0.1, 0.15) is 28.8 Å². The van der Waals surface area contributed by atoms with E-state index in [0.29, 0.717) is 0 Å². The molecule has 11 aromatic carbocycles. The van der Waals surface area contributed by atoms with Gasteiger partial charge in [0.2, 0.25) is 0 Å². The highest BCUT2D eigenvalue weighted by Gasteiger charge is 2.22. The van der Waals surface area contributed by atoms with Gasteiger partial charge >= 0.3 is 0 Å². The van der Waals surface area contributed by atoms with Gasteiger partial charge in [0.25, 0.3) is 0 Å². The number of benzene rings is 11. The summed E-state index contributed by atoms with van der Waals surface area (Å²) in [5, 5.41) is 3.72. The molecule has 0 saturated heterocycles. The van der Waals surface area contributed by atoms with Crippen molar-refractivity contribution in [1.82, 2.24) is 9.13 Å². The summed E-state index contributed by atoms with van der Waals surface area (Å²) in [6, 6.07) is 101. The van der Waals surface area contributed by atoms with Crippen LogP contribution in [0.15, 0.2) is 285 Å². The summed E-state index contributed by atoms with van der Waals surface area (Å²) in [7, 11) is 0. The number of hydrogen-bond donors (Lipinski definition) is 0. The molecule has 4 nitrogen and oxygen atoms in total. The third-order valence-corrected chi connectivity index (χ3v) is 15.3. The lowest BCUT2D eigenvalue weighted by Gasteiger charge is -2.26. The van der Waals surface area contributed by atoms with Crippen molar-refractivity contribution in [2.45, 2.75) is 12.8 Å². The smallest absolute Gasteiger partial charge is 0.0542 e. The summed E-state index contributed by atoms with van der Waals surface area (Å²) in [6.07, 6.45) is 11.1. The summed E-state index contributed by atoms with van der Waals surface area (Å²) < 4.78 is 4.85. The van der Waals surface area contributed by atoms with Crippen molar-refractivity contribution in [3.05, 3.63) is 308 Å². The van der Waals surface area contributed by atoms with Crippen LogP contribution in [-0.4, -0.2) is 9.13 Å². The van der Waals surface area contributed by atoms with E-state index in [1.54, 1.807) is 0 Å². The molecular formula is C74H54N4. The molecular weight excluding hydrogens is 945 g/mol. The first-order valence-corrected chi connectivity index (χ1v) is 27.0. The first-order valence-electron chi connectivity index (χ1n) is 27.0. The van der Waals surface area contributed by atoms with E-state index in [1.807, 2.05) is 0 Å². The van der Waals surface area contributed by atoms with Crippen molar-refractivity contribution in [3.8, 4) is 33.6 Å². The van der Waals surface area contributed by atoms with Crippen LogP contribution < -0.4 is 9.80 Å². The summed E-state index contributed by atoms with van der Waals surface area (Å²) in [4.78, 5) is 4.74. The Morgan fingerprint density at radius 2 is 0.731 bits per heavy atom. The number of aryl methyl sites for hydroxylation is 1. The highest BCUT2D eigenvalue weighted by Crippen LogP contribution is 2.43. The molecule has 0 radical (unpaired) electrons. The molecule has 2 heterocycles. The minimum absolute atomic E-state index is 1.01. The van der Waals surface area contributed by atoms with Crippen molar-refractivity contribution in [1.29, 1.82) is 0 Å². The number of anilines is 6. The quantitative estimate of drug-likeness (QED) is 0.113. The first kappa shape index (κ1) is 46.4. The molecule has 78 heavy (non-hydrogen) atoms. The van der Waals surface area contributed by atoms with Crippen molar-refractivity contribution in [2.24, 2.45) is 0 Å². The monoisotopic (exact) mass is 998 g/mol. The third kappa shape index (κ3) is 8.65. The van der Waals surface area contributed by atoms with Gasteiger partial charge in [-0.3, -0.25) is 0 Å². The van der Waals surface area contributed by atoms with E-state index in [2.05, 4.69) is 322 Å². The van der Waals surface area contributed by atoms with Gasteiger partial charge in [0, 0.05) is 67.4 Å². The summed E-state index contributed by atoms with van der Waals surface area (Å²) in [5.74, 6) is 0. The van der Waals surface area contributed by atoms with E-state index in [1.165, 1.54) is 71.9 Å². The topological polar surface area (TPSA) is 16.3 Å². The standard InChI is InChI=1S/C74H54N4/c1-5-19-55(20-6-1)57-23-17-29-63(49-57)77-71-33-15-13-31-67(71)69-51-65(45-47-73(69)77)75(59-25-9-3-10-26-59)61-41-37-53(38-42-61)35-36-54-39-43-62(44-40-54)76(60-27-11-4-12-28-60)66-46-48-74-70(52-66)68-32-14-16-34-72(68)78(74)64-30-18-24-58(50-64)56-21-7-2-8-22-56/h1-13,15-31,33-52H,14,32H2/b36-35+. The van der Waals surface area contributed by atoms with Crippen molar-refractivity contribution in [2.75, 3.05) is 9.80 Å². The van der Waals surface area contributed by atoms with E-state index in [0.717, 1.165) is 63.8 Å². The van der Waals surface area contributed by atoms with Crippen LogP contribution in [-0.2, 0) is 6.42 Å². The molecule has 2 aromatic heterocycles. The highest BCUT2D eigenvalue weighted by atomic mass is 15.1. The molecule has 0 unspecified atom stereocenters. The maximum absolute atomic E-state index is 2.45. The minimum Gasteiger partial charge on any atom is -0.310 e. The Kier molecular flexibility index (Phi) is 12.0. The van der Waals surface area contributed by atoms with Crippen LogP contribution in [0, 0.1) is 0 Å². The van der Waals surface area contributed by atoms with Gasteiger partial charge in [0.15, 0.2) is 0 Å². The average Bonchev–Trinajstić information content (AvgIpc) is 4.06. The average molecular weight is 999 g/mol. The second-order valence-corrected chi connectivity index (χ2v) is 20.1. The maximum atomic E-state index is 2.45. The van der Waals surface area contributed by atoms with Gasteiger partial charge in [-0.1, -0.05) is 182 Å². The third-order valence-electron chi connectivity index (χ3n) is 15.3. The fourth-order valence-electron chi connectivity index (χ4n) is 11.6. The molecule has 0 amide bonds. The predicted octanol–water partition coefficient (Wildman–Crippen LogP) is 20.1. The number of hydrogen-bond acceptors (Lipinski definition) is 2. The maximum Gasteiger partial charge on any atom is 0.0542 e. The molecule has 4 heteroatoms. The van der Waals surface area contributed by atoms with Gasteiger partial charge in [-0.15, -0.1) is 0 Å². The van der Waals surface area contributed by atoms with Gasteiger partial charge in [-0.2, -0.15) is 0 Å². The number of nitrogens with zero attached hydrogens (tertiary/aromatic N) is 4. The van der Waals surface area contributed by atoms with Crippen LogP contribution in [0.2, 0.25) is 0 Å². The molecule has 14 rings (SSSR count). The van der Waals surface area contributed by atoms with Gasteiger partial charge < -0.3 is 18.9 Å². The SMILES string of the molecule is C1=Cc2c(c3cc(N(c4ccccc4)c4ccc(/C=C/c5ccc(N(c6ccccc6)c6ccc7c(c6)c6ccccc6n7-c6cccc(-c7ccccc7)c6)cc5)cc4)ccc3n2-c2cccc(-c3ccccc3)c2)CC1. The largest absolute Gasteiger partial charge is 0.310 e. The lowest BCUT2D eigenvalue weighted by molar-refractivity contribution is 0.968. The zero-order valence-corrected chi connectivity index (χ0v) is 43.1. The van der Waals surface area contributed by atoms with Gasteiger partial charge in [-0.25, -0.2) is 0 Å². The second-order valence-electron chi connectivity index (χ2n) is 20.1. The predicted molar refractivity (Wildman–Crippen MR) is 331 cm³/mol. The Hall–Kier alpha value is -10.2. The number of fused-ring (bicyclic) bond motifs is 6. The fourth-order valence-corrected chi connectivity index (χ4v) is 11.6. The second kappa shape index (κ2) is 20.2. The molecule has 13 aromatic rings. The van der Waals surface area contributed by atoms with Gasteiger partial charge in [0.05, 0.1) is 16.6 Å². The fraction of sp³-hybridized carbons (Fsp3) is 0.0270. The zero-order chi connectivity index (χ0) is 51.8. The number of rotatable bonds is 12. The molecule has 0 bridgehead atoms. The van der Waals surface area contributed by atoms with Crippen LogP contribution in [0.3, 0.4) is 0 Å². The zero-order valence-electron chi connectivity index (χ0n) is 43.1. The van der Waals surface area contributed by atoms with E-state index in [9.17, 15) is 0 Å². The van der Waals surface area contributed by atoms with E-state index in [-0.39, 0.29) is 0 Å². The molecule has 0 spiro atoms. The summed E-state index contributed by atoms with van der Waals surface area (Å²) in [6.45, 7) is 0. The Balaban J connectivity index is 0.759. The van der Waals surface area contributed by atoms with Crippen LogP contribution in [0.4, 0.5) is 34.1 Å². The van der Waals surface area contributed by atoms with Gasteiger partial charge in [0.1, 0.15) is 0 Å². The Labute approximate surface area is 455 Å². The Morgan fingerprint density at radius 3 is 1.28 bits per heavy atom. The lowest BCUT2D eigenvalue weighted by Crippen LogP contribution is -2.09. The van der Waals surface area contributed by atoms with Crippen molar-refractivity contribution < 1.29 is 0 Å². The summed E-state index contributed by atoms with van der Waals surface area (Å²) >= 11 is 0. The van der Waals surface area contributed by atoms with Crippen LogP contribution in [0.5, 0.6) is 0 Å². The van der Waals surface area contributed by atoms with Crippen LogP contribution in [0.25, 0.3) is 84.6 Å². The lowest BCUT2D eigenvalue weighted by atomic mass is 10.0. The molecule has 1 aliphatic rings. The van der Waals surface area contributed by atoms with E-state index < -0.39 is 0 Å². The molecule has 0 atom stereocenters. The van der Waals surface area contributed by atoms with Crippen LogP contribution >= 0.6 is 0 Å². The normalized spacial score (nSPS) is 12.2.